The quantitative estimate of drug-likeness (QED) is 0.887. The van der Waals surface area contributed by atoms with Crippen molar-refractivity contribution in [1.82, 2.24) is 0 Å². The van der Waals surface area contributed by atoms with Crippen molar-refractivity contribution in [1.29, 1.82) is 0 Å². The molecule has 0 saturated carbocycles. The van der Waals surface area contributed by atoms with Crippen LogP contribution in [-0.2, 0) is 0 Å². The van der Waals surface area contributed by atoms with Crippen molar-refractivity contribution in [3.8, 4) is 0 Å². The maximum absolute atomic E-state index is 13.6. The van der Waals surface area contributed by atoms with Crippen molar-refractivity contribution < 1.29 is 13.6 Å². The first-order chi connectivity index (χ1) is 9.49. The van der Waals surface area contributed by atoms with Crippen molar-refractivity contribution in [2.45, 2.75) is 19.8 Å². The number of carbonyl (C=O) groups excluding carboxylic acids is 1. The molecule has 0 atom stereocenters. The maximum Gasteiger partial charge on any atom is 0.258 e. The van der Waals surface area contributed by atoms with E-state index in [-0.39, 0.29) is 11.5 Å². The average molecular weight is 275 g/mol. The predicted molar refractivity (Wildman–Crippen MR) is 74.8 cm³/mol. The van der Waals surface area contributed by atoms with E-state index in [1.807, 2.05) is 26.0 Å². The second-order valence-corrected chi connectivity index (χ2v) is 4.82. The fourth-order valence-corrected chi connectivity index (χ4v) is 1.98. The van der Waals surface area contributed by atoms with Crippen LogP contribution in [0.2, 0.25) is 0 Å². The molecule has 20 heavy (non-hydrogen) atoms. The Morgan fingerprint density at radius 1 is 1.10 bits per heavy atom. The van der Waals surface area contributed by atoms with Gasteiger partial charge >= 0.3 is 0 Å². The molecule has 0 unspecified atom stereocenters. The number of rotatable bonds is 3. The molecule has 2 rings (SSSR count). The van der Waals surface area contributed by atoms with Gasteiger partial charge in [0, 0.05) is 5.69 Å². The molecule has 0 aliphatic heterocycles. The molecule has 0 aromatic heterocycles. The van der Waals surface area contributed by atoms with Crippen LogP contribution < -0.4 is 5.32 Å². The predicted octanol–water partition coefficient (Wildman–Crippen LogP) is 4.34. The number of carbonyl (C=O) groups is 1. The maximum atomic E-state index is 13.6. The van der Waals surface area contributed by atoms with Crippen molar-refractivity contribution >= 4 is 11.6 Å². The van der Waals surface area contributed by atoms with Crippen LogP contribution in [0.1, 0.15) is 35.7 Å². The van der Waals surface area contributed by atoms with Gasteiger partial charge in [0.2, 0.25) is 0 Å². The molecule has 0 saturated heterocycles. The average Bonchev–Trinajstić information content (AvgIpc) is 2.41. The number of halogens is 2. The first-order valence-corrected chi connectivity index (χ1v) is 6.34. The smallest absolute Gasteiger partial charge is 0.258 e. The normalized spacial score (nSPS) is 10.7. The van der Waals surface area contributed by atoms with E-state index in [1.165, 1.54) is 0 Å². The van der Waals surface area contributed by atoms with E-state index in [4.69, 9.17) is 0 Å². The lowest BCUT2D eigenvalue weighted by Gasteiger charge is -2.13. The topological polar surface area (TPSA) is 29.1 Å². The van der Waals surface area contributed by atoms with Gasteiger partial charge in [-0.1, -0.05) is 32.0 Å². The van der Waals surface area contributed by atoms with E-state index in [2.05, 4.69) is 5.32 Å². The molecule has 1 N–H and O–H groups in total. The zero-order valence-corrected chi connectivity index (χ0v) is 11.3. The highest BCUT2D eigenvalue weighted by atomic mass is 19.1. The van der Waals surface area contributed by atoms with Gasteiger partial charge in [0.25, 0.3) is 5.91 Å². The van der Waals surface area contributed by atoms with E-state index < -0.39 is 17.5 Å². The van der Waals surface area contributed by atoms with Crippen molar-refractivity contribution in [2.24, 2.45) is 0 Å². The Hall–Kier alpha value is -2.23. The first-order valence-electron chi connectivity index (χ1n) is 6.34. The summed E-state index contributed by atoms with van der Waals surface area (Å²) in [6.07, 6.45) is 0. The van der Waals surface area contributed by atoms with Gasteiger partial charge in [-0.2, -0.15) is 0 Å². The molecule has 0 bridgehead atoms. The summed E-state index contributed by atoms with van der Waals surface area (Å²) in [4.78, 5) is 12.0. The van der Waals surface area contributed by atoms with Gasteiger partial charge in [-0.3, -0.25) is 4.79 Å². The monoisotopic (exact) mass is 275 g/mol. The SMILES string of the molecule is CC(C)c1ccccc1NC(=O)c1cc(F)ccc1F. The summed E-state index contributed by atoms with van der Waals surface area (Å²) >= 11 is 0. The van der Waals surface area contributed by atoms with Gasteiger partial charge in [0.15, 0.2) is 0 Å². The summed E-state index contributed by atoms with van der Waals surface area (Å²) in [6, 6.07) is 10.1. The lowest BCUT2D eigenvalue weighted by molar-refractivity contribution is 0.102. The summed E-state index contributed by atoms with van der Waals surface area (Å²) in [5.41, 5.74) is 1.25. The molecule has 2 aromatic carbocycles. The molecule has 0 heterocycles. The van der Waals surface area contributed by atoms with E-state index in [0.717, 1.165) is 23.8 Å². The second-order valence-electron chi connectivity index (χ2n) is 4.82. The molecule has 104 valence electrons. The van der Waals surface area contributed by atoms with Gasteiger partial charge in [0.05, 0.1) is 5.56 Å². The van der Waals surface area contributed by atoms with Crippen LogP contribution in [0.15, 0.2) is 42.5 Å². The van der Waals surface area contributed by atoms with Crippen LogP contribution >= 0.6 is 0 Å². The molecular weight excluding hydrogens is 260 g/mol. The molecule has 0 aliphatic rings. The second kappa shape index (κ2) is 5.82. The largest absolute Gasteiger partial charge is 0.322 e. The highest BCUT2D eigenvalue weighted by Gasteiger charge is 2.15. The lowest BCUT2D eigenvalue weighted by atomic mass is 10.0. The number of anilines is 1. The minimum Gasteiger partial charge on any atom is -0.322 e. The Balaban J connectivity index is 2.31. The van der Waals surface area contributed by atoms with Gasteiger partial charge in [-0.05, 0) is 35.7 Å². The van der Waals surface area contributed by atoms with Crippen LogP contribution in [0.3, 0.4) is 0 Å². The molecule has 1 amide bonds. The summed E-state index contributed by atoms with van der Waals surface area (Å²) in [7, 11) is 0. The molecule has 0 radical (unpaired) electrons. The van der Waals surface area contributed by atoms with Crippen LogP contribution in [0.4, 0.5) is 14.5 Å². The Bertz CT molecular complexity index is 638. The third kappa shape index (κ3) is 3.02. The number of benzene rings is 2. The van der Waals surface area contributed by atoms with Crippen LogP contribution in [0.5, 0.6) is 0 Å². The number of amides is 1. The van der Waals surface area contributed by atoms with Gasteiger partial charge < -0.3 is 5.32 Å². The first kappa shape index (κ1) is 14.2. The zero-order chi connectivity index (χ0) is 14.7. The summed E-state index contributed by atoms with van der Waals surface area (Å²) in [5.74, 6) is -1.83. The highest BCUT2D eigenvalue weighted by Crippen LogP contribution is 2.24. The molecule has 2 nitrogen and oxygen atoms in total. The molecule has 0 spiro atoms. The van der Waals surface area contributed by atoms with Crippen LogP contribution in [0, 0.1) is 11.6 Å². The van der Waals surface area contributed by atoms with Gasteiger partial charge in [0.1, 0.15) is 11.6 Å². The number of nitrogens with one attached hydrogen (secondary N) is 1. The minimum atomic E-state index is -0.745. The standard InChI is InChI=1S/C16H15F2NO/c1-10(2)12-5-3-4-6-15(12)19-16(20)13-9-11(17)7-8-14(13)18/h3-10H,1-2H3,(H,19,20). The third-order valence-corrected chi connectivity index (χ3v) is 3.00. The minimum absolute atomic E-state index is 0.212. The summed E-state index contributed by atoms with van der Waals surface area (Å²) in [6.45, 7) is 3.99. The van der Waals surface area contributed by atoms with Crippen molar-refractivity contribution in [3.63, 3.8) is 0 Å². The molecule has 2 aromatic rings. The van der Waals surface area contributed by atoms with Crippen LogP contribution in [0.25, 0.3) is 0 Å². The van der Waals surface area contributed by atoms with Crippen molar-refractivity contribution in [2.75, 3.05) is 5.32 Å². The fourth-order valence-electron chi connectivity index (χ4n) is 1.98. The van der Waals surface area contributed by atoms with Crippen LogP contribution in [-0.4, -0.2) is 5.91 Å². The molecule has 0 fully saturated rings. The number of hydrogen-bond acceptors (Lipinski definition) is 1. The Morgan fingerprint density at radius 2 is 1.80 bits per heavy atom. The molecule has 0 aliphatic carbocycles. The Kier molecular flexibility index (Phi) is 4.13. The van der Waals surface area contributed by atoms with Gasteiger partial charge in [-0.25, -0.2) is 8.78 Å². The van der Waals surface area contributed by atoms with Crippen molar-refractivity contribution in [3.05, 3.63) is 65.2 Å². The summed E-state index contributed by atoms with van der Waals surface area (Å²) in [5, 5.41) is 2.63. The third-order valence-electron chi connectivity index (χ3n) is 3.00. The number of para-hydroxylation sites is 1. The number of hydrogen-bond donors (Lipinski definition) is 1. The van der Waals surface area contributed by atoms with E-state index in [1.54, 1.807) is 12.1 Å². The summed E-state index contributed by atoms with van der Waals surface area (Å²) < 4.78 is 26.7. The fraction of sp³-hybridized carbons (Fsp3) is 0.188. The van der Waals surface area contributed by atoms with Gasteiger partial charge in [-0.15, -0.1) is 0 Å². The van der Waals surface area contributed by atoms with E-state index in [0.29, 0.717) is 5.69 Å². The van der Waals surface area contributed by atoms with E-state index in [9.17, 15) is 13.6 Å². The molecule has 4 heteroatoms. The van der Waals surface area contributed by atoms with E-state index >= 15 is 0 Å². The lowest BCUT2D eigenvalue weighted by Crippen LogP contribution is -2.15. The Morgan fingerprint density at radius 3 is 2.50 bits per heavy atom. The Labute approximate surface area is 116 Å². The highest BCUT2D eigenvalue weighted by molar-refractivity contribution is 6.04. The zero-order valence-electron chi connectivity index (χ0n) is 11.3. The molecular formula is C16H15F2NO.